The topological polar surface area (TPSA) is 49.6 Å². The minimum atomic E-state index is 0.195. The molecule has 2 N–H and O–H groups in total. The SMILES string of the molecule is CCN(Cc1ccccc1)C(=O)CN1CC[C@H](N)C1. The molecule has 1 aromatic rings. The molecule has 0 bridgehead atoms. The third kappa shape index (κ3) is 4.04. The van der Waals surface area contributed by atoms with Crippen molar-refractivity contribution in [2.24, 2.45) is 5.73 Å². The van der Waals surface area contributed by atoms with Crippen LogP contribution in [-0.2, 0) is 11.3 Å². The second-order valence-corrected chi connectivity index (χ2v) is 5.18. The Morgan fingerprint density at radius 1 is 1.42 bits per heavy atom. The van der Waals surface area contributed by atoms with E-state index in [0.29, 0.717) is 13.1 Å². The van der Waals surface area contributed by atoms with Crippen molar-refractivity contribution in [3.8, 4) is 0 Å². The molecule has 19 heavy (non-hydrogen) atoms. The van der Waals surface area contributed by atoms with E-state index in [9.17, 15) is 4.79 Å². The second-order valence-electron chi connectivity index (χ2n) is 5.18. The number of nitrogens with two attached hydrogens (primary N) is 1. The zero-order valence-electron chi connectivity index (χ0n) is 11.6. The summed E-state index contributed by atoms with van der Waals surface area (Å²) in [5.41, 5.74) is 7.04. The Bertz CT molecular complexity index is 407. The molecule has 1 aliphatic heterocycles. The zero-order valence-corrected chi connectivity index (χ0v) is 11.6. The van der Waals surface area contributed by atoms with Crippen LogP contribution in [0.1, 0.15) is 18.9 Å². The minimum absolute atomic E-state index is 0.195. The van der Waals surface area contributed by atoms with Crippen molar-refractivity contribution in [3.63, 3.8) is 0 Å². The molecule has 0 saturated carbocycles. The molecular weight excluding hydrogens is 238 g/mol. The fourth-order valence-corrected chi connectivity index (χ4v) is 2.48. The smallest absolute Gasteiger partial charge is 0.237 e. The normalized spacial score (nSPS) is 19.6. The molecule has 0 spiro atoms. The standard InChI is InChI=1S/C15H23N3O/c1-2-18(10-13-6-4-3-5-7-13)15(19)12-17-9-8-14(16)11-17/h3-7,14H,2,8-12,16H2,1H3/t14-/m0/s1. The first kappa shape index (κ1) is 14.0. The van der Waals surface area contributed by atoms with Crippen LogP contribution in [0.5, 0.6) is 0 Å². The number of amides is 1. The van der Waals surface area contributed by atoms with Gasteiger partial charge < -0.3 is 10.6 Å². The maximum atomic E-state index is 12.3. The fourth-order valence-electron chi connectivity index (χ4n) is 2.48. The molecule has 1 saturated heterocycles. The van der Waals surface area contributed by atoms with Gasteiger partial charge in [-0.25, -0.2) is 0 Å². The number of likely N-dealkylation sites (tertiary alicyclic amines) is 1. The number of hydrogen-bond donors (Lipinski definition) is 1. The monoisotopic (exact) mass is 261 g/mol. The van der Waals surface area contributed by atoms with E-state index >= 15 is 0 Å². The predicted octanol–water partition coefficient (Wildman–Crippen LogP) is 1.07. The van der Waals surface area contributed by atoms with E-state index in [2.05, 4.69) is 17.0 Å². The van der Waals surface area contributed by atoms with Crippen molar-refractivity contribution in [3.05, 3.63) is 35.9 Å². The molecule has 1 heterocycles. The molecule has 4 heteroatoms. The molecular formula is C15H23N3O. The molecule has 2 rings (SSSR count). The van der Waals surface area contributed by atoms with Gasteiger partial charge in [-0.15, -0.1) is 0 Å². The molecule has 4 nitrogen and oxygen atoms in total. The Balaban J connectivity index is 1.88. The molecule has 1 aromatic carbocycles. The largest absolute Gasteiger partial charge is 0.338 e. The Morgan fingerprint density at radius 3 is 2.74 bits per heavy atom. The summed E-state index contributed by atoms with van der Waals surface area (Å²) in [5.74, 6) is 0.195. The summed E-state index contributed by atoms with van der Waals surface area (Å²) >= 11 is 0. The third-order valence-electron chi connectivity index (χ3n) is 3.62. The lowest BCUT2D eigenvalue weighted by Crippen LogP contribution is -2.40. The van der Waals surface area contributed by atoms with Crippen molar-refractivity contribution in [2.45, 2.75) is 25.9 Å². The van der Waals surface area contributed by atoms with Gasteiger partial charge in [0.05, 0.1) is 6.54 Å². The van der Waals surface area contributed by atoms with Crippen LogP contribution in [-0.4, -0.2) is 47.9 Å². The van der Waals surface area contributed by atoms with Gasteiger partial charge in [-0.1, -0.05) is 30.3 Å². The number of benzene rings is 1. The van der Waals surface area contributed by atoms with Gasteiger partial charge >= 0.3 is 0 Å². The van der Waals surface area contributed by atoms with Gasteiger partial charge in [0.15, 0.2) is 0 Å². The van der Waals surface area contributed by atoms with E-state index in [1.54, 1.807) is 0 Å². The summed E-state index contributed by atoms with van der Waals surface area (Å²) in [7, 11) is 0. The van der Waals surface area contributed by atoms with Crippen molar-refractivity contribution >= 4 is 5.91 Å². The summed E-state index contributed by atoms with van der Waals surface area (Å²) in [4.78, 5) is 16.3. The third-order valence-corrected chi connectivity index (χ3v) is 3.62. The summed E-state index contributed by atoms with van der Waals surface area (Å²) in [6.45, 7) is 5.74. The number of rotatable bonds is 5. The maximum Gasteiger partial charge on any atom is 0.237 e. The quantitative estimate of drug-likeness (QED) is 0.862. The summed E-state index contributed by atoms with van der Waals surface area (Å²) in [5, 5.41) is 0. The lowest BCUT2D eigenvalue weighted by Gasteiger charge is -2.24. The summed E-state index contributed by atoms with van der Waals surface area (Å²) in [6, 6.07) is 10.4. The molecule has 1 aliphatic rings. The van der Waals surface area contributed by atoms with E-state index in [1.807, 2.05) is 30.0 Å². The van der Waals surface area contributed by atoms with Crippen LogP contribution in [0.15, 0.2) is 30.3 Å². The van der Waals surface area contributed by atoms with Gasteiger partial charge in [-0.2, -0.15) is 0 Å². The van der Waals surface area contributed by atoms with Crippen molar-refractivity contribution in [1.29, 1.82) is 0 Å². The van der Waals surface area contributed by atoms with Crippen LogP contribution >= 0.6 is 0 Å². The average molecular weight is 261 g/mol. The predicted molar refractivity (Wildman–Crippen MR) is 76.6 cm³/mol. The zero-order chi connectivity index (χ0) is 13.7. The Morgan fingerprint density at radius 2 is 2.16 bits per heavy atom. The van der Waals surface area contributed by atoms with E-state index in [0.717, 1.165) is 26.1 Å². The minimum Gasteiger partial charge on any atom is -0.338 e. The Kier molecular flexibility index (Phi) is 4.93. The molecule has 1 fully saturated rings. The highest BCUT2D eigenvalue weighted by atomic mass is 16.2. The van der Waals surface area contributed by atoms with Crippen LogP contribution in [0.3, 0.4) is 0 Å². The van der Waals surface area contributed by atoms with E-state index in [-0.39, 0.29) is 11.9 Å². The van der Waals surface area contributed by atoms with Gasteiger partial charge in [0, 0.05) is 32.2 Å². The van der Waals surface area contributed by atoms with Crippen LogP contribution in [0.4, 0.5) is 0 Å². The van der Waals surface area contributed by atoms with Crippen LogP contribution in [0, 0.1) is 0 Å². The molecule has 0 radical (unpaired) electrons. The van der Waals surface area contributed by atoms with Crippen LogP contribution in [0.25, 0.3) is 0 Å². The van der Waals surface area contributed by atoms with Gasteiger partial charge in [0.2, 0.25) is 5.91 Å². The van der Waals surface area contributed by atoms with Gasteiger partial charge in [-0.3, -0.25) is 9.69 Å². The molecule has 104 valence electrons. The Hall–Kier alpha value is -1.39. The summed E-state index contributed by atoms with van der Waals surface area (Å²) < 4.78 is 0. The highest BCUT2D eigenvalue weighted by Gasteiger charge is 2.23. The van der Waals surface area contributed by atoms with Gasteiger partial charge in [0.25, 0.3) is 0 Å². The molecule has 1 amide bonds. The van der Waals surface area contributed by atoms with Crippen molar-refractivity contribution in [1.82, 2.24) is 9.80 Å². The maximum absolute atomic E-state index is 12.3. The lowest BCUT2D eigenvalue weighted by atomic mass is 10.2. The molecule has 0 unspecified atom stereocenters. The number of nitrogens with zero attached hydrogens (tertiary/aromatic N) is 2. The first-order chi connectivity index (χ1) is 9.19. The highest BCUT2D eigenvalue weighted by Crippen LogP contribution is 2.09. The van der Waals surface area contributed by atoms with E-state index in [4.69, 9.17) is 5.73 Å². The van der Waals surface area contributed by atoms with E-state index in [1.165, 1.54) is 5.56 Å². The number of hydrogen-bond acceptors (Lipinski definition) is 3. The first-order valence-electron chi connectivity index (χ1n) is 6.98. The first-order valence-corrected chi connectivity index (χ1v) is 6.98. The van der Waals surface area contributed by atoms with Gasteiger partial charge in [-0.05, 0) is 18.9 Å². The van der Waals surface area contributed by atoms with Gasteiger partial charge in [0.1, 0.15) is 0 Å². The number of carbonyl (C=O) groups is 1. The second kappa shape index (κ2) is 6.68. The number of carbonyl (C=O) groups excluding carboxylic acids is 1. The average Bonchev–Trinajstić information content (AvgIpc) is 2.82. The van der Waals surface area contributed by atoms with Crippen molar-refractivity contribution in [2.75, 3.05) is 26.2 Å². The Labute approximate surface area is 115 Å². The van der Waals surface area contributed by atoms with E-state index < -0.39 is 0 Å². The summed E-state index contributed by atoms with van der Waals surface area (Å²) in [6.07, 6.45) is 0.998. The van der Waals surface area contributed by atoms with Crippen LogP contribution < -0.4 is 5.73 Å². The number of likely N-dealkylation sites (N-methyl/N-ethyl adjacent to an activating group) is 1. The highest BCUT2D eigenvalue weighted by molar-refractivity contribution is 5.78. The molecule has 0 aromatic heterocycles. The molecule has 1 atom stereocenters. The molecule has 0 aliphatic carbocycles. The van der Waals surface area contributed by atoms with Crippen molar-refractivity contribution < 1.29 is 4.79 Å². The fraction of sp³-hybridized carbons (Fsp3) is 0.533. The lowest BCUT2D eigenvalue weighted by molar-refractivity contribution is -0.132. The van der Waals surface area contributed by atoms with Crippen LogP contribution in [0.2, 0.25) is 0 Å².